The van der Waals surface area contributed by atoms with Gasteiger partial charge in [-0.25, -0.2) is 0 Å². The van der Waals surface area contributed by atoms with Crippen molar-refractivity contribution in [3.63, 3.8) is 0 Å². The zero-order valence-electron chi connectivity index (χ0n) is 19.0. The molecule has 9 heteroatoms. The van der Waals surface area contributed by atoms with E-state index in [1.807, 2.05) is 42.4 Å². The number of hydrogen-bond acceptors (Lipinski definition) is 5. The van der Waals surface area contributed by atoms with Crippen LogP contribution in [0.15, 0.2) is 30.5 Å². The van der Waals surface area contributed by atoms with Crippen molar-refractivity contribution in [2.75, 3.05) is 45.9 Å². The van der Waals surface area contributed by atoms with Crippen molar-refractivity contribution in [1.82, 2.24) is 29.9 Å². The van der Waals surface area contributed by atoms with E-state index in [1.165, 1.54) is 0 Å². The van der Waals surface area contributed by atoms with E-state index >= 15 is 0 Å². The molecule has 3 aromatic rings. The third-order valence-corrected chi connectivity index (χ3v) is 6.59. The normalized spacial score (nSPS) is 16.7. The summed E-state index contributed by atoms with van der Waals surface area (Å²) in [6, 6.07) is 7.68. The van der Waals surface area contributed by atoms with Crippen LogP contribution in [-0.2, 0) is 24.8 Å². The second-order valence-electron chi connectivity index (χ2n) is 8.72. The molecule has 2 N–H and O–H groups in total. The van der Waals surface area contributed by atoms with Crippen LogP contribution in [0.4, 0.5) is 0 Å². The Morgan fingerprint density at radius 1 is 1.18 bits per heavy atom. The van der Waals surface area contributed by atoms with Crippen LogP contribution in [0.1, 0.15) is 38.5 Å². The van der Waals surface area contributed by atoms with Gasteiger partial charge < -0.3 is 19.9 Å². The first kappa shape index (κ1) is 21.7. The predicted molar refractivity (Wildman–Crippen MR) is 124 cm³/mol. The van der Waals surface area contributed by atoms with Crippen LogP contribution in [0.25, 0.3) is 10.9 Å². The zero-order valence-corrected chi connectivity index (χ0v) is 19.0. The molecule has 0 atom stereocenters. The van der Waals surface area contributed by atoms with Gasteiger partial charge in [-0.1, -0.05) is 6.07 Å². The first-order valence-corrected chi connectivity index (χ1v) is 11.6. The minimum atomic E-state index is -0.170. The fourth-order valence-corrected chi connectivity index (χ4v) is 4.72. The molecular formula is C24H30N6O3. The molecule has 0 radical (unpaired) electrons. The molecule has 174 valence electrons. The first-order valence-electron chi connectivity index (χ1n) is 11.6. The number of aryl methyl sites for hydroxylation is 1. The fourth-order valence-electron chi connectivity index (χ4n) is 4.72. The highest BCUT2D eigenvalue weighted by atomic mass is 16.5. The Balaban J connectivity index is 1.23. The van der Waals surface area contributed by atoms with Gasteiger partial charge in [0, 0.05) is 68.2 Å². The number of amides is 2. The number of carbonyl (C=O) groups is 2. The number of aromatic amines is 1. The minimum Gasteiger partial charge on any atom is -0.379 e. The maximum Gasteiger partial charge on any atom is 0.272 e. The van der Waals surface area contributed by atoms with Gasteiger partial charge >= 0.3 is 0 Å². The van der Waals surface area contributed by atoms with Crippen LogP contribution in [0, 0.1) is 0 Å². The predicted octanol–water partition coefficient (Wildman–Crippen LogP) is 1.55. The summed E-state index contributed by atoms with van der Waals surface area (Å²) >= 11 is 0. The number of morpholine rings is 1. The Bertz CT molecular complexity index is 1160. The Morgan fingerprint density at radius 2 is 2.03 bits per heavy atom. The molecule has 1 saturated heterocycles. The SMILES string of the molecule is Cn1nc(C(=O)NCCCN2CCOCC2)c2c1CCN(C(=O)c1ccc3cc[nH]c3c1)C2. The highest BCUT2D eigenvalue weighted by Gasteiger charge is 2.29. The fraction of sp³-hybridized carbons (Fsp3) is 0.458. The monoisotopic (exact) mass is 450 g/mol. The van der Waals surface area contributed by atoms with Gasteiger partial charge in [-0.15, -0.1) is 0 Å². The van der Waals surface area contributed by atoms with Crippen molar-refractivity contribution in [3.8, 4) is 0 Å². The van der Waals surface area contributed by atoms with Crippen LogP contribution < -0.4 is 5.32 Å². The van der Waals surface area contributed by atoms with Crippen LogP contribution in [0.3, 0.4) is 0 Å². The smallest absolute Gasteiger partial charge is 0.272 e. The molecule has 0 aliphatic carbocycles. The van der Waals surface area contributed by atoms with E-state index in [0.29, 0.717) is 37.3 Å². The van der Waals surface area contributed by atoms with Crippen molar-refractivity contribution in [2.45, 2.75) is 19.4 Å². The highest BCUT2D eigenvalue weighted by molar-refractivity contribution is 5.98. The van der Waals surface area contributed by atoms with Gasteiger partial charge in [0.25, 0.3) is 11.8 Å². The largest absolute Gasteiger partial charge is 0.379 e. The van der Waals surface area contributed by atoms with Gasteiger partial charge in [0.15, 0.2) is 5.69 Å². The number of nitrogens with zero attached hydrogens (tertiary/aromatic N) is 4. The van der Waals surface area contributed by atoms with Gasteiger partial charge in [0.05, 0.1) is 19.8 Å². The molecule has 33 heavy (non-hydrogen) atoms. The van der Waals surface area contributed by atoms with Crippen LogP contribution >= 0.6 is 0 Å². The highest BCUT2D eigenvalue weighted by Crippen LogP contribution is 2.24. The minimum absolute atomic E-state index is 0.0297. The van der Waals surface area contributed by atoms with Crippen LogP contribution in [0.2, 0.25) is 0 Å². The molecule has 2 aliphatic heterocycles. The molecule has 2 amide bonds. The van der Waals surface area contributed by atoms with Gasteiger partial charge in [0.1, 0.15) is 0 Å². The van der Waals surface area contributed by atoms with Gasteiger partial charge in [-0.3, -0.25) is 19.2 Å². The summed E-state index contributed by atoms with van der Waals surface area (Å²) < 4.78 is 7.16. The number of H-pyrrole nitrogens is 1. The Hall–Kier alpha value is -3.17. The summed E-state index contributed by atoms with van der Waals surface area (Å²) in [4.78, 5) is 33.4. The van der Waals surface area contributed by atoms with E-state index in [9.17, 15) is 9.59 Å². The molecule has 0 saturated carbocycles. The molecule has 2 aromatic heterocycles. The lowest BCUT2D eigenvalue weighted by Crippen LogP contribution is -2.38. The zero-order chi connectivity index (χ0) is 22.8. The number of aromatic nitrogens is 3. The number of fused-ring (bicyclic) bond motifs is 2. The summed E-state index contributed by atoms with van der Waals surface area (Å²) in [6.07, 6.45) is 3.43. The number of rotatable bonds is 6. The second-order valence-corrected chi connectivity index (χ2v) is 8.72. The Morgan fingerprint density at radius 3 is 2.88 bits per heavy atom. The molecule has 1 fully saturated rings. The molecule has 4 heterocycles. The maximum atomic E-state index is 13.2. The number of nitrogens with one attached hydrogen (secondary N) is 2. The van der Waals surface area contributed by atoms with Crippen molar-refractivity contribution >= 4 is 22.7 Å². The van der Waals surface area contributed by atoms with E-state index in [0.717, 1.165) is 61.4 Å². The number of hydrogen-bond donors (Lipinski definition) is 2. The van der Waals surface area contributed by atoms with Gasteiger partial charge in [-0.05, 0) is 36.6 Å². The summed E-state index contributed by atoms with van der Waals surface area (Å²) in [5.74, 6) is -0.200. The molecule has 1 aromatic carbocycles. The molecule has 2 aliphatic rings. The number of carbonyl (C=O) groups excluding carboxylic acids is 2. The number of benzene rings is 1. The Kier molecular flexibility index (Phi) is 6.15. The average molecular weight is 451 g/mol. The number of ether oxygens (including phenoxy) is 1. The van der Waals surface area contributed by atoms with Crippen molar-refractivity contribution in [2.24, 2.45) is 7.05 Å². The summed E-state index contributed by atoms with van der Waals surface area (Å²) in [6.45, 7) is 5.99. The third kappa shape index (κ3) is 4.51. The molecule has 0 spiro atoms. The van der Waals surface area contributed by atoms with Crippen LogP contribution in [0.5, 0.6) is 0 Å². The van der Waals surface area contributed by atoms with Gasteiger partial charge in [-0.2, -0.15) is 5.10 Å². The topological polar surface area (TPSA) is 95.5 Å². The standard InChI is InChI=1S/C24H30N6O3/c1-28-21-6-10-30(24(32)18-4-3-17-5-8-25-20(17)15-18)16-19(21)22(27-28)23(31)26-7-2-9-29-11-13-33-14-12-29/h3-5,8,15,25H,2,6-7,9-14,16H2,1H3,(H,26,31). The summed E-state index contributed by atoms with van der Waals surface area (Å²) in [5.41, 5.74) is 3.89. The average Bonchev–Trinajstić information content (AvgIpc) is 3.45. The lowest BCUT2D eigenvalue weighted by molar-refractivity contribution is 0.0374. The first-order chi connectivity index (χ1) is 16.1. The Labute approximate surface area is 192 Å². The van der Waals surface area contributed by atoms with E-state index < -0.39 is 0 Å². The van der Waals surface area contributed by atoms with E-state index in [4.69, 9.17) is 4.74 Å². The van der Waals surface area contributed by atoms with Crippen molar-refractivity contribution in [3.05, 3.63) is 53.0 Å². The van der Waals surface area contributed by atoms with Crippen molar-refractivity contribution < 1.29 is 14.3 Å². The summed E-state index contributed by atoms with van der Waals surface area (Å²) in [5, 5.41) is 8.59. The van der Waals surface area contributed by atoms with E-state index in [-0.39, 0.29) is 11.8 Å². The van der Waals surface area contributed by atoms with Crippen molar-refractivity contribution in [1.29, 1.82) is 0 Å². The van der Waals surface area contributed by atoms with E-state index in [2.05, 4.69) is 20.3 Å². The van der Waals surface area contributed by atoms with Crippen LogP contribution in [-0.4, -0.2) is 82.3 Å². The third-order valence-electron chi connectivity index (χ3n) is 6.59. The lowest BCUT2D eigenvalue weighted by Gasteiger charge is -2.28. The molecule has 0 unspecified atom stereocenters. The molecule has 9 nitrogen and oxygen atoms in total. The van der Waals surface area contributed by atoms with Gasteiger partial charge in [0.2, 0.25) is 0 Å². The molecular weight excluding hydrogens is 420 g/mol. The van der Waals surface area contributed by atoms with E-state index in [1.54, 1.807) is 4.68 Å². The quantitative estimate of drug-likeness (QED) is 0.556. The maximum absolute atomic E-state index is 13.2. The summed E-state index contributed by atoms with van der Waals surface area (Å²) in [7, 11) is 1.87. The second kappa shape index (κ2) is 9.36. The molecule has 5 rings (SSSR count). The lowest BCUT2D eigenvalue weighted by atomic mass is 10.0. The molecule has 0 bridgehead atoms.